The van der Waals surface area contributed by atoms with Gasteiger partial charge in [-0.25, -0.2) is 8.42 Å². The van der Waals surface area contributed by atoms with Crippen LogP contribution in [0.4, 0.5) is 5.69 Å². The van der Waals surface area contributed by atoms with E-state index in [1.54, 1.807) is 25.1 Å². The third-order valence-electron chi connectivity index (χ3n) is 2.01. The van der Waals surface area contributed by atoms with Crippen LogP contribution in [0.5, 0.6) is 0 Å². The first-order chi connectivity index (χ1) is 6.96. The van der Waals surface area contributed by atoms with E-state index in [4.69, 9.17) is 11.6 Å². The van der Waals surface area contributed by atoms with E-state index in [0.29, 0.717) is 17.1 Å². The fourth-order valence-corrected chi connectivity index (χ4v) is 2.58. The summed E-state index contributed by atoms with van der Waals surface area (Å²) >= 11 is 5.88. The number of nitrogens with one attached hydrogen (secondary N) is 1. The molecule has 1 aromatic carbocycles. The van der Waals surface area contributed by atoms with Crippen LogP contribution in [-0.4, -0.2) is 14.2 Å². The Labute approximate surface area is 95.5 Å². The Hall–Kier alpha value is -0.740. The van der Waals surface area contributed by atoms with Gasteiger partial charge in [0.1, 0.15) is 0 Å². The molecule has 5 heteroatoms. The van der Waals surface area contributed by atoms with Gasteiger partial charge in [-0.15, -0.1) is 0 Å². The molecule has 0 heterocycles. The Kier molecular flexibility index (Phi) is 3.99. The van der Waals surface area contributed by atoms with E-state index in [1.807, 2.05) is 6.92 Å². The van der Waals surface area contributed by atoms with Gasteiger partial charge in [0.25, 0.3) is 0 Å². The quantitative estimate of drug-likeness (QED) is 0.889. The fraction of sp³-hybridized carbons (Fsp3) is 0.400. The van der Waals surface area contributed by atoms with Gasteiger partial charge in [0.2, 0.25) is 10.0 Å². The Balaban J connectivity index is 2.95. The number of anilines is 1. The molecule has 1 rings (SSSR count). The van der Waals surface area contributed by atoms with Crippen molar-refractivity contribution in [2.24, 2.45) is 0 Å². The highest BCUT2D eigenvalue weighted by Gasteiger charge is 2.11. The lowest BCUT2D eigenvalue weighted by atomic mass is 10.2. The first-order valence-corrected chi connectivity index (χ1v) is 6.75. The number of sulfonamides is 1. The molecular weight excluding hydrogens is 234 g/mol. The van der Waals surface area contributed by atoms with Crippen LogP contribution in [0.2, 0.25) is 5.02 Å². The van der Waals surface area contributed by atoms with Gasteiger partial charge in [0.05, 0.1) is 11.4 Å². The molecule has 15 heavy (non-hydrogen) atoms. The van der Waals surface area contributed by atoms with Crippen molar-refractivity contribution >= 4 is 27.3 Å². The Bertz CT molecular complexity index is 443. The summed E-state index contributed by atoms with van der Waals surface area (Å²) in [5.74, 6) is 0.124. The minimum Gasteiger partial charge on any atom is -0.283 e. The van der Waals surface area contributed by atoms with Crippen molar-refractivity contribution in [2.45, 2.75) is 20.3 Å². The summed E-state index contributed by atoms with van der Waals surface area (Å²) in [6.07, 6.45) is 0.592. The molecule has 0 bridgehead atoms. The molecule has 0 amide bonds. The van der Waals surface area contributed by atoms with Gasteiger partial charge in [0, 0.05) is 5.02 Å². The molecule has 0 fully saturated rings. The van der Waals surface area contributed by atoms with Crippen molar-refractivity contribution in [3.05, 3.63) is 28.8 Å². The number of halogens is 1. The maximum absolute atomic E-state index is 11.5. The average molecular weight is 248 g/mol. The van der Waals surface area contributed by atoms with Crippen molar-refractivity contribution in [1.29, 1.82) is 0 Å². The molecule has 0 aliphatic carbocycles. The van der Waals surface area contributed by atoms with E-state index in [2.05, 4.69) is 4.72 Å². The van der Waals surface area contributed by atoms with Crippen molar-refractivity contribution in [2.75, 3.05) is 10.5 Å². The van der Waals surface area contributed by atoms with Gasteiger partial charge in [-0.3, -0.25) is 4.72 Å². The number of hydrogen-bond donors (Lipinski definition) is 1. The van der Waals surface area contributed by atoms with Crippen LogP contribution in [0.25, 0.3) is 0 Å². The second-order valence-electron chi connectivity index (χ2n) is 3.33. The molecule has 3 nitrogen and oxygen atoms in total. The molecule has 84 valence electrons. The number of benzene rings is 1. The SMILES string of the molecule is CCCS(=O)(=O)Nc1cccc(Cl)c1C. The molecule has 0 aliphatic heterocycles. The van der Waals surface area contributed by atoms with E-state index in [0.717, 1.165) is 5.56 Å². The van der Waals surface area contributed by atoms with E-state index in [9.17, 15) is 8.42 Å². The Morgan fingerprint density at radius 3 is 2.67 bits per heavy atom. The molecule has 0 aliphatic rings. The third-order valence-corrected chi connectivity index (χ3v) is 3.89. The smallest absolute Gasteiger partial charge is 0.232 e. The standard InChI is InChI=1S/C10H14ClNO2S/c1-3-7-15(13,14)12-10-6-4-5-9(11)8(10)2/h4-6,12H,3,7H2,1-2H3. The highest BCUT2D eigenvalue weighted by Crippen LogP contribution is 2.23. The Morgan fingerprint density at radius 1 is 1.40 bits per heavy atom. The average Bonchev–Trinajstić information content (AvgIpc) is 2.12. The van der Waals surface area contributed by atoms with Gasteiger partial charge in [-0.2, -0.15) is 0 Å². The van der Waals surface area contributed by atoms with Gasteiger partial charge in [0.15, 0.2) is 0 Å². The van der Waals surface area contributed by atoms with Gasteiger partial charge >= 0.3 is 0 Å². The monoisotopic (exact) mass is 247 g/mol. The summed E-state index contributed by atoms with van der Waals surface area (Å²) in [6.45, 7) is 3.61. The molecule has 0 saturated heterocycles. The van der Waals surface area contributed by atoms with Gasteiger partial charge < -0.3 is 0 Å². The predicted molar refractivity (Wildman–Crippen MR) is 63.9 cm³/mol. The molecule has 0 radical (unpaired) electrons. The van der Waals surface area contributed by atoms with E-state index in [-0.39, 0.29) is 5.75 Å². The fourth-order valence-electron chi connectivity index (χ4n) is 1.21. The zero-order valence-electron chi connectivity index (χ0n) is 8.75. The normalized spacial score (nSPS) is 11.4. The lowest BCUT2D eigenvalue weighted by molar-refractivity contribution is 0.600. The van der Waals surface area contributed by atoms with E-state index >= 15 is 0 Å². The molecular formula is C10H14ClNO2S. The Morgan fingerprint density at radius 2 is 2.07 bits per heavy atom. The van der Waals surface area contributed by atoms with Crippen molar-refractivity contribution in [3.63, 3.8) is 0 Å². The second-order valence-corrected chi connectivity index (χ2v) is 5.58. The summed E-state index contributed by atoms with van der Waals surface area (Å²) in [6, 6.07) is 5.15. The molecule has 1 N–H and O–H groups in total. The number of rotatable bonds is 4. The summed E-state index contributed by atoms with van der Waals surface area (Å²) in [7, 11) is -3.23. The molecule has 1 aromatic rings. The first-order valence-electron chi connectivity index (χ1n) is 4.72. The van der Waals surface area contributed by atoms with Crippen molar-refractivity contribution < 1.29 is 8.42 Å². The van der Waals surface area contributed by atoms with Crippen LogP contribution in [0.15, 0.2) is 18.2 Å². The first kappa shape index (κ1) is 12.3. The number of hydrogen-bond acceptors (Lipinski definition) is 2. The third kappa shape index (κ3) is 3.39. The molecule has 0 saturated carbocycles. The predicted octanol–water partition coefficient (Wildman–Crippen LogP) is 2.80. The largest absolute Gasteiger partial charge is 0.283 e. The summed E-state index contributed by atoms with van der Waals surface area (Å²) in [5.41, 5.74) is 1.30. The molecule has 0 atom stereocenters. The van der Waals surface area contributed by atoms with Gasteiger partial charge in [-0.1, -0.05) is 24.6 Å². The maximum atomic E-state index is 11.5. The summed E-state index contributed by atoms with van der Waals surface area (Å²) in [5, 5.41) is 0.562. The minimum atomic E-state index is -3.23. The molecule has 0 aromatic heterocycles. The highest BCUT2D eigenvalue weighted by molar-refractivity contribution is 7.92. The van der Waals surface area contributed by atoms with Crippen LogP contribution in [0, 0.1) is 6.92 Å². The second kappa shape index (κ2) is 4.86. The zero-order chi connectivity index (χ0) is 11.5. The highest BCUT2D eigenvalue weighted by atomic mass is 35.5. The van der Waals surface area contributed by atoms with Gasteiger partial charge in [-0.05, 0) is 31.0 Å². The lowest BCUT2D eigenvalue weighted by Crippen LogP contribution is -2.16. The topological polar surface area (TPSA) is 46.2 Å². The molecule has 0 spiro atoms. The zero-order valence-corrected chi connectivity index (χ0v) is 10.3. The van der Waals surface area contributed by atoms with Crippen LogP contribution in [0.1, 0.15) is 18.9 Å². The summed E-state index contributed by atoms with van der Waals surface area (Å²) < 4.78 is 25.5. The van der Waals surface area contributed by atoms with Crippen molar-refractivity contribution in [1.82, 2.24) is 0 Å². The minimum absolute atomic E-state index is 0.124. The van der Waals surface area contributed by atoms with E-state index < -0.39 is 10.0 Å². The van der Waals surface area contributed by atoms with Crippen LogP contribution >= 0.6 is 11.6 Å². The molecule has 0 unspecified atom stereocenters. The van der Waals surface area contributed by atoms with Crippen molar-refractivity contribution in [3.8, 4) is 0 Å². The summed E-state index contributed by atoms with van der Waals surface area (Å²) in [4.78, 5) is 0. The van der Waals surface area contributed by atoms with Crippen LogP contribution in [0.3, 0.4) is 0 Å². The lowest BCUT2D eigenvalue weighted by Gasteiger charge is -2.10. The van der Waals surface area contributed by atoms with E-state index in [1.165, 1.54) is 0 Å². The van der Waals surface area contributed by atoms with Crippen LogP contribution in [-0.2, 0) is 10.0 Å². The maximum Gasteiger partial charge on any atom is 0.232 e. The van der Waals surface area contributed by atoms with Crippen LogP contribution < -0.4 is 4.72 Å².